The van der Waals surface area contributed by atoms with E-state index in [1.807, 2.05) is 41.5 Å². The van der Waals surface area contributed by atoms with Crippen LogP contribution in [-0.2, 0) is 9.53 Å². The molecule has 0 aromatic heterocycles. The van der Waals surface area contributed by atoms with Gasteiger partial charge in [-0.2, -0.15) is 0 Å². The van der Waals surface area contributed by atoms with Crippen LogP contribution in [0.4, 0.5) is 0 Å². The quantitative estimate of drug-likeness (QED) is 0.577. The number of ether oxygens (including phenoxy) is 1. The fourth-order valence-electron chi connectivity index (χ4n) is 2.43. The molecule has 1 aliphatic heterocycles. The van der Waals surface area contributed by atoms with E-state index in [0.29, 0.717) is 0 Å². The summed E-state index contributed by atoms with van der Waals surface area (Å²) in [5, 5.41) is 0. The number of esters is 1. The Morgan fingerprint density at radius 1 is 0.941 bits per heavy atom. The Labute approximate surface area is 106 Å². The molecule has 0 amide bonds. The maximum atomic E-state index is 11.4. The van der Waals surface area contributed by atoms with E-state index in [2.05, 4.69) is 0 Å². The van der Waals surface area contributed by atoms with Crippen molar-refractivity contribution in [1.29, 1.82) is 0 Å². The van der Waals surface area contributed by atoms with Crippen molar-refractivity contribution < 1.29 is 9.53 Å². The molecule has 0 atom stereocenters. The van der Waals surface area contributed by atoms with Gasteiger partial charge in [-0.3, -0.25) is 0 Å². The van der Waals surface area contributed by atoms with E-state index >= 15 is 0 Å². The highest BCUT2D eigenvalue weighted by molar-refractivity contribution is 5.92. The number of carbonyl (C=O) groups excluding carboxylic acids is 1. The maximum Gasteiger partial charge on any atom is 0.334 e. The molecule has 100 valence electrons. The smallest absolute Gasteiger partial charge is 0.334 e. The van der Waals surface area contributed by atoms with E-state index in [-0.39, 0.29) is 11.6 Å². The summed E-state index contributed by atoms with van der Waals surface area (Å²) in [7, 11) is 0. The highest BCUT2D eigenvalue weighted by Gasteiger charge is 2.44. The predicted octanol–water partition coefficient (Wildman–Crippen LogP) is 4.63. The van der Waals surface area contributed by atoms with Crippen molar-refractivity contribution in [3.8, 4) is 0 Å². The first-order valence-electron chi connectivity index (χ1n) is 7.07. The highest BCUT2D eigenvalue weighted by Crippen LogP contribution is 2.43. The molecule has 1 fully saturated rings. The number of hydrogen-bond donors (Lipinski definition) is 0. The summed E-state index contributed by atoms with van der Waals surface area (Å²) < 4.78 is 5.50. The lowest BCUT2D eigenvalue weighted by molar-refractivity contribution is -0.149. The molecule has 0 bridgehead atoms. The Morgan fingerprint density at radius 2 is 1.41 bits per heavy atom. The van der Waals surface area contributed by atoms with E-state index in [1.165, 1.54) is 24.8 Å². The van der Waals surface area contributed by atoms with Crippen LogP contribution in [0.2, 0.25) is 0 Å². The first-order chi connectivity index (χ1) is 8.16. The van der Waals surface area contributed by atoms with Crippen molar-refractivity contribution in [2.24, 2.45) is 0 Å². The van der Waals surface area contributed by atoms with Crippen LogP contribution >= 0.6 is 0 Å². The van der Waals surface area contributed by atoms with Crippen molar-refractivity contribution in [3.63, 3.8) is 0 Å². The third-order valence-corrected chi connectivity index (χ3v) is 3.50. The third kappa shape index (κ3) is 3.34. The summed E-state index contributed by atoms with van der Waals surface area (Å²) in [6.07, 6.45) is 5.73. The molecule has 1 spiro atoms. The van der Waals surface area contributed by atoms with Gasteiger partial charge in [0.15, 0.2) is 0 Å². The summed E-state index contributed by atoms with van der Waals surface area (Å²) in [5.74, 6) is -0.0978. The van der Waals surface area contributed by atoms with Gasteiger partial charge >= 0.3 is 5.97 Å². The Bertz CT molecular complexity index is 271. The van der Waals surface area contributed by atoms with E-state index in [4.69, 9.17) is 4.74 Å². The van der Waals surface area contributed by atoms with E-state index in [9.17, 15) is 4.79 Å². The Morgan fingerprint density at radius 3 is 1.76 bits per heavy atom. The zero-order chi connectivity index (χ0) is 13.5. The van der Waals surface area contributed by atoms with Crippen molar-refractivity contribution >= 4 is 5.97 Å². The second-order valence-corrected chi connectivity index (χ2v) is 4.19. The normalized spacial score (nSPS) is 21.2. The molecule has 0 aromatic carbocycles. The fourth-order valence-corrected chi connectivity index (χ4v) is 2.43. The Hall–Kier alpha value is -0.790. The molecule has 1 aliphatic carbocycles. The van der Waals surface area contributed by atoms with Gasteiger partial charge in [0, 0.05) is 5.57 Å². The van der Waals surface area contributed by atoms with Crippen LogP contribution < -0.4 is 0 Å². The highest BCUT2D eigenvalue weighted by atomic mass is 16.6. The van der Waals surface area contributed by atoms with Gasteiger partial charge in [0.1, 0.15) is 5.60 Å². The lowest BCUT2D eigenvalue weighted by Crippen LogP contribution is -2.33. The molecule has 2 nitrogen and oxygen atoms in total. The molecule has 0 N–H and O–H groups in total. The second-order valence-electron chi connectivity index (χ2n) is 4.19. The zero-order valence-electron chi connectivity index (χ0n) is 12.4. The summed E-state index contributed by atoms with van der Waals surface area (Å²) >= 11 is 0. The van der Waals surface area contributed by atoms with E-state index in [1.54, 1.807) is 0 Å². The number of carbonyl (C=O) groups is 1. The van der Waals surface area contributed by atoms with Gasteiger partial charge in [-0.15, -0.1) is 0 Å². The molecule has 2 aliphatic rings. The Balaban J connectivity index is 0.000000581. The van der Waals surface area contributed by atoms with Gasteiger partial charge in [-0.25, -0.2) is 4.79 Å². The summed E-state index contributed by atoms with van der Waals surface area (Å²) in [5.41, 5.74) is 1.82. The lowest BCUT2D eigenvalue weighted by Gasteiger charge is -2.33. The first-order valence-corrected chi connectivity index (χ1v) is 7.07. The van der Waals surface area contributed by atoms with Gasteiger partial charge in [0.2, 0.25) is 0 Å². The average molecular weight is 240 g/mol. The van der Waals surface area contributed by atoms with Crippen LogP contribution in [0, 0.1) is 0 Å². The van der Waals surface area contributed by atoms with Crippen LogP contribution in [0.3, 0.4) is 0 Å². The molecule has 2 heteroatoms. The summed E-state index contributed by atoms with van der Waals surface area (Å²) in [4.78, 5) is 11.4. The van der Waals surface area contributed by atoms with E-state index in [0.717, 1.165) is 18.4 Å². The van der Waals surface area contributed by atoms with E-state index < -0.39 is 0 Å². The summed E-state index contributed by atoms with van der Waals surface area (Å²) in [6.45, 7) is 11.9. The fraction of sp³-hybridized carbons (Fsp3) is 0.800. The largest absolute Gasteiger partial charge is 0.451 e. The maximum absolute atomic E-state index is 11.4. The predicted molar refractivity (Wildman–Crippen MR) is 73.0 cm³/mol. The van der Waals surface area contributed by atoms with Crippen molar-refractivity contribution in [2.75, 3.05) is 0 Å². The second kappa shape index (κ2) is 7.52. The third-order valence-electron chi connectivity index (χ3n) is 3.50. The number of rotatable bonds is 0. The topological polar surface area (TPSA) is 26.3 Å². The molecular weight excluding hydrogens is 212 g/mol. The van der Waals surface area contributed by atoms with Gasteiger partial charge in [-0.05, 0) is 45.1 Å². The first kappa shape index (κ1) is 16.2. The van der Waals surface area contributed by atoms with Gasteiger partial charge in [-0.1, -0.05) is 34.1 Å². The minimum absolute atomic E-state index is 0.0978. The molecule has 17 heavy (non-hydrogen) atoms. The SMILES string of the molecule is CC.CC.CC1=C(C)C2(CCCCC2)OC1=O. The van der Waals surface area contributed by atoms with Crippen molar-refractivity contribution in [2.45, 2.75) is 79.2 Å². The molecule has 1 heterocycles. The molecule has 1 saturated carbocycles. The van der Waals surface area contributed by atoms with Crippen LogP contribution in [-0.4, -0.2) is 11.6 Å². The van der Waals surface area contributed by atoms with Crippen molar-refractivity contribution in [3.05, 3.63) is 11.1 Å². The molecule has 0 saturated heterocycles. The van der Waals surface area contributed by atoms with Gasteiger partial charge in [0.05, 0.1) is 0 Å². The van der Waals surface area contributed by atoms with Gasteiger partial charge in [0.25, 0.3) is 0 Å². The van der Waals surface area contributed by atoms with Crippen LogP contribution in [0.1, 0.15) is 73.6 Å². The molecule has 0 radical (unpaired) electrons. The van der Waals surface area contributed by atoms with Crippen LogP contribution in [0.15, 0.2) is 11.1 Å². The summed E-state index contributed by atoms with van der Waals surface area (Å²) in [6, 6.07) is 0. The minimum Gasteiger partial charge on any atom is -0.451 e. The molecule has 0 aromatic rings. The van der Waals surface area contributed by atoms with Crippen molar-refractivity contribution in [1.82, 2.24) is 0 Å². The standard InChI is InChI=1S/C11H16O2.2C2H6/c1-8-9(2)11(13-10(8)12)6-4-3-5-7-11;2*1-2/h3-7H2,1-2H3;2*1-2H3. The number of hydrogen-bond acceptors (Lipinski definition) is 2. The molecule has 2 rings (SSSR count). The van der Waals surface area contributed by atoms with Gasteiger partial charge < -0.3 is 4.74 Å². The Kier molecular flexibility index (Phi) is 7.17. The monoisotopic (exact) mass is 240 g/mol. The zero-order valence-corrected chi connectivity index (χ0v) is 12.4. The van der Waals surface area contributed by atoms with Crippen LogP contribution in [0.25, 0.3) is 0 Å². The van der Waals surface area contributed by atoms with Crippen LogP contribution in [0.5, 0.6) is 0 Å². The molecule has 0 unspecified atom stereocenters. The minimum atomic E-state index is -0.195. The lowest BCUT2D eigenvalue weighted by atomic mass is 9.80. The molecular formula is C15H28O2. The average Bonchev–Trinajstić information content (AvgIpc) is 2.60.